The number of halogens is 1. The van der Waals surface area contributed by atoms with Crippen LogP contribution in [0.4, 0.5) is 0 Å². The lowest BCUT2D eigenvalue weighted by molar-refractivity contribution is 0.112. The molecule has 0 saturated carbocycles. The molecular weight excluding hydrogens is 514 g/mol. The predicted octanol–water partition coefficient (Wildman–Crippen LogP) is 3.18. The largest absolute Gasteiger partial charge is 0.392 e. The maximum Gasteiger partial charge on any atom is 0.151 e. The average Bonchev–Trinajstić information content (AvgIpc) is 3.65. The van der Waals surface area contributed by atoms with Gasteiger partial charge in [-0.25, -0.2) is 9.36 Å². The van der Waals surface area contributed by atoms with Gasteiger partial charge in [-0.05, 0) is 57.4 Å². The van der Waals surface area contributed by atoms with Gasteiger partial charge in [-0.2, -0.15) is 10.2 Å². The fourth-order valence-corrected chi connectivity index (χ4v) is 3.12. The van der Waals surface area contributed by atoms with Crippen LogP contribution in [-0.4, -0.2) is 51.0 Å². The molecule has 0 spiro atoms. The van der Waals surface area contributed by atoms with Gasteiger partial charge in [0.1, 0.15) is 0 Å². The van der Waals surface area contributed by atoms with E-state index in [1.807, 2.05) is 30.5 Å². The first-order valence-corrected chi connectivity index (χ1v) is 11.1. The third kappa shape index (κ3) is 8.03. The van der Waals surface area contributed by atoms with E-state index in [2.05, 4.69) is 41.1 Å². The highest BCUT2D eigenvalue weighted by Crippen LogP contribution is 2.09. The molecule has 0 aliphatic heterocycles. The zero-order valence-corrected chi connectivity index (χ0v) is 20.0. The average molecular weight is 536 g/mol. The molecule has 0 aromatic carbocycles. The smallest absolute Gasteiger partial charge is 0.151 e. The van der Waals surface area contributed by atoms with Gasteiger partial charge in [0, 0.05) is 59.6 Å². The van der Waals surface area contributed by atoms with Gasteiger partial charge >= 0.3 is 0 Å². The zero-order chi connectivity index (χ0) is 24.9. The summed E-state index contributed by atoms with van der Waals surface area (Å²) in [6, 6.07) is 9.05. The van der Waals surface area contributed by atoms with Crippen LogP contribution in [0.1, 0.15) is 21.5 Å². The highest BCUT2D eigenvalue weighted by atomic mass is 79.9. The second kappa shape index (κ2) is 13.6. The maximum absolute atomic E-state index is 10.5. The third-order valence-electron chi connectivity index (χ3n) is 4.33. The predicted molar refractivity (Wildman–Crippen MR) is 132 cm³/mol. The number of aliphatic hydroxyl groups excluding tert-OH is 2. The molecule has 0 unspecified atom stereocenters. The minimum absolute atomic E-state index is 0.00209. The van der Waals surface area contributed by atoms with Crippen LogP contribution in [0.2, 0.25) is 0 Å². The van der Waals surface area contributed by atoms with Crippen molar-refractivity contribution in [3.8, 4) is 11.4 Å². The number of aldehydes is 1. The lowest BCUT2D eigenvalue weighted by Crippen LogP contribution is -1.96. The Kier molecular flexibility index (Phi) is 9.93. The summed E-state index contributed by atoms with van der Waals surface area (Å²) in [6.45, 7) is 0.0501. The topological polar surface area (TPSA) is 132 Å². The monoisotopic (exact) mass is 535 g/mol. The first kappa shape index (κ1) is 25.6. The van der Waals surface area contributed by atoms with E-state index in [1.165, 1.54) is 6.20 Å². The van der Waals surface area contributed by atoms with Gasteiger partial charge in [-0.3, -0.25) is 19.7 Å². The number of pyridine rings is 3. The Balaban J connectivity index is 0.000000150. The highest BCUT2D eigenvalue weighted by molar-refractivity contribution is 9.10. The molecule has 11 heteroatoms. The Morgan fingerprint density at radius 3 is 1.77 bits per heavy atom. The van der Waals surface area contributed by atoms with Crippen LogP contribution < -0.4 is 0 Å². The SMILES string of the molecule is O=Cc1cncc(-n2cccn2)c1.OCc1cncc(-n2cccn2)c1.OCc1cncc(Br)c1. The van der Waals surface area contributed by atoms with Gasteiger partial charge in [0.05, 0.1) is 37.0 Å². The minimum atomic E-state index is 0.00209. The van der Waals surface area contributed by atoms with E-state index >= 15 is 0 Å². The molecule has 0 amide bonds. The van der Waals surface area contributed by atoms with Crippen molar-refractivity contribution >= 4 is 22.2 Å². The van der Waals surface area contributed by atoms with Crippen LogP contribution in [0.3, 0.4) is 0 Å². The van der Waals surface area contributed by atoms with E-state index in [4.69, 9.17) is 10.2 Å². The van der Waals surface area contributed by atoms with Crippen molar-refractivity contribution in [3.63, 3.8) is 0 Å². The molecule has 0 radical (unpaired) electrons. The van der Waals surface area contributed by atoms with Gasteiger partial charge in [0.15, 0.2) is 6.29 Å². The summed E-state index contributed by atoms with van der Waals surface area (Å²) in [4.78, 5) is 22.2. The van der Waals surface area contributed by atoms with E-state index in [9.17, 15) is 4.79 Å². The van der Waals surface area contributed by atoms with Gasteiger partial charge in [0.25, 0.3) is 0 Å². The summed E-state index contributed by atoms with van der Waals surface area (Å²) in [6.07, 6.45) is 17.6. The van der Waals surface area contributed by atoms with Crippen molar-refractivity contribution in [1.29, 1.82) is 0 Å². The zero-order valence-electron chi connectivity index (χ0n) is 18.5. The summed E-state index contributed by atoms with van der Waals surface area (Å²) in [5.74, 6) is 0. The second-order valence-corrected chi connectivity index (χ2v) is 7.79. The molecular formula is C24H22BrN7O3. The molecule has 0 bridgehead atoms. The number of aliphatic hydroxyl groups is 2. The van der Waals surface area contributed by atoms with Crippen LogP contribution in [0.25, 0.3) is 11.4 Å². The van der Waals surface area contributed by atoms with Crippen LogP contribution in [-0.2, 0) is 13.2 Å². The Morgan fingerprint density at radius 2 is 1.29 bits per heavy atom. The van der Waals surface area contributed by atoms with Gasteiger partial charge in [-0.1, -0.05) is 0 Å². The molecule has 0 fully saturated rings. The molecule has 0 aliphatic rings. The Morgan fingerprint density at radius 1 is 0.743 bits per heavy atom. The number of carbonyl (C=O) groups excluding carboxylic acids is 1. The second-order valence-electron chi connectivity index (χ2n) is 6.87. The van der Waals surface area contributed by atoms with Gasteiger partial charge in [0.2, 0.25) is 0 Å². The number of nitrogens with zero attached hydrogens (tertiary/aromatic N) is 7. The van der Waals surface area contributed by atoms with Crippen molar-refractivity contribution in [2.24, 2.45) is 0 Å². The van der Waals surface area contributed by atoms with Crippen LogP contribution >= 0.6 is 15.9 Å². The van der Waals surface area contributed by atoms with Crippen LogP contribution in [0, 0.1) is 0 Å². The van der Waals surface area contributed by atoms with Crippen LogP contribution in [0.15, 0.2) is 96.8 Å². The van der Waals surface area contributed by atoms with E-state index in [0.29, 0.717) is 5.56 Å². The van der Waals surface area contributed by atoms with Crippen molar-refractivity contribution in [3.05, 3.63) is 113 Å². The molecule has 0 saturated heterocycles. The third-order valence-corrected chi connectivity index (χ3v) is 4.76. The van der Waals surface area contributed by atoms with Crippen molar-refractivity contribution < 1.29 is 15.0 Å². The first-order valence-electron chi connectivity index (χ1n) is 10.3. The minimum Gasteiger partial charge on any atom is -0.392 e. The molecule has 10 nitrogen and oxygen atoms in total. The Hall–Kier alpha value is -4.06. The highest BCUT2D eigenvalue weighted by Gasteiger charge is 1.98. The summed E-state index contributed by atoms with van der Waals surface area (Å²) < 4.78 is 4.25. The molecule has 0 atom stereocenters. The standard InChI is InChI=1S/C9H9N3O.C9H7N3O.C6H6BrNO/c2*13-7-8-4-9(6-10-5-8)12-3-1-2-11-12;7-6-1-5(4-9)2-8-3-6/h1-6,13H,7H2;1-7H;1-3,9H,4H2. The lowest BCUT2D eigenvalue weighted by Gasteiger charge is -2.01. The lowest BCUT2D eigenvalue weighted by atomic mass is 10.3. The number of carbonyl (C=O) groups is 1. The Labute approximate surface area is 209 Å². The normalized spacial score (nSPS) is 9.91. The van der Waals surface area contributed by atoms with E-state index < -0.39 is 0 Å². The molecule has 5 heterocycles. The van der Waals surface area contributed by atoms with Crippen LogP contribution in [0.5, 0.6) is 0 Å². The molecule has 0 aliphatic carbocycles. The molecule has 5 aromatic heterocycles. The fraction of sp³-hybridized carbons (Fsp3) is 0.0833. The van der Waals surface area contributed by atoms with Crippen molar-refractivity contribution in [2.45, 2.75) is 13.2 Å². The number of hydrogen-bond donors (Lipinski definition) is 2. The summed E-state index contributed by atoms with van der Waals surface area (Å²) in [5.41, 5.74) is 3.80. The van der Waals surface area contributed by atoms with Crippen molar-refractivity contribution in [1.82, 2.24) is 34.5 Å². The Bertz CT molecular complexity index is 1310. The number of rotatable bonds is 5. The summed E-state index contributed by atoms with van der Waals surface area (Å²) >= 11 is 3.23. The first-order chi connectivity index (χ1) is 17.1. The molecule has 5 rings (SSSR count). The summed E-state index contributed by atoms with van der Waals surface area (Å²) in [7, 11) is 0. The number of hydrogen-bond acceptors (Lipinski definition) is 8. The van der Waals surface area contributed by atoms with Gasteiger partial charge in [-0.15, -0.1) is 0 Å². The molecule has 2 N–H and O–H groups in total. The van der Waals surface area contributed by atoms with E-state index in [-0.39, 0.29) is 13.2 Å². The van der Waals surface area contributed by atoms with E-state index in [0.717, 1.165) is 33.3 Å². The fourth-order valence-electron chi connectivity index (χ4n) is 2.71. The summed E-state index contributed by atoms with van der Waals surface area (Å²) in [5, 5.41) is 25.6. The maximum atomic E-state index is 10.5. The molecule has 35 heavy (non-hydrogen) atoms. The molecule has 178 valence electrons. The quantitative estimate of drug-likeness (QED) is 0.328. The van der Waals surface area contributed by atoms with Gasteiger partial charge < -0.3 is 10.2 Å². The number of aromatic nitrogens is 7. The van der Waals surface area contributed by atoms with E-state index in [1.54, 1.807) is 65.0 Å². The van der Waals surface area contributed by atoms with Crippen molar-refractivity contribution in [2.75, 3.05) is 0 Å². The molecule has 5 aromatic rings.